The highest BCUT2D eigenvalue weighted by Crippen LogP contribution is 2.21. The highest BCUT2D eigenvalue weighted by molar-refractivity contribution is 5.97. The number of carbonyl (C=O) groups excluding carboxylic acids is 2. The number of carbonyl (C=O) groups is 2. The lowest BCUT2D eigenvalue weighted by Gasteiger charge is -2.32. The van der Waals surface area contributed by atoms with Crippen molar-refractivity contribution in [1.82, 2.24) is 15.1 Å². The van der Waals surface area contributed by atoms with Crippen LogP contribution in [0.15, 0.2) is 34.7 Å². The summed E-state index contributed by atoms with van der Waals surface area (Å²) in [5.41, 5.74) is 2.25. The second-order valence-electron chi connectivity index (χ2n) is 8.51. The number of hydrogen-bond acceptors (Lipinski definition) is 5. The highest BCUT2D eigenvalue weighted by Gasteiger charge is 2.21. The molecule has 1 fully saturated rings. The fraction of sp³-hybridized carbons (Fsp3) is 0.500. The Morgan fingerprint density at radius 1 is 1.13 bits per heavy atom. The molecule has 0 radical (unpaired) electrons. The molecule has 1 atom stereocenters. The molecule has 2 heterocycles. The normalized spacial score (nSPS) is 15.7. The summed E-state index contributed by atoms with van der Waals surface area (Å²) in [6, 6.07) is 9.65. The molecule has 1 unspecified atom stereocenters. The molecule has 168 valence electrons. The van der Waals surface area contributed by atoms with Gasteiger partial charge in [-0.15, -0.1) is 0 Å². The summed E-state index contributed by atoms with van der Waals surface area (Å²) in [4.78, 5) is 28.7. The van der Waals surface area contributed by atoms with Crippen LogP contribution in [0.2, 0.25) is 0 Å². The van der Waals surface area contributed by atoms with Crippen molar-refractivity contribution in [2.75, 3.05) is 45.1 Å². The van der Waals surface area contributed by atoms with Gasteiger partial charge in [-0.3, -0.25) is 9.59 Å². The first-order valence-corrected chi connectivity index (χ1v) is 11.0. The van der Waals surface area contributed by atoms with E-state index in [4.69, 9.17) is 4.42 Å². The van der Waals surface area contributed by atoms with Gasteiger partial charge in [0.15, 0.2) is 0 Å². The van der Waals surface area contributed by atoms with Crippen molar-refractivity contribution in [2.24, 2.45) is 0 Å². The number of aryl methyl sites for hydroxylation is 1. The summed E-state index contributed by atoms with van der Waals surface area (Å²) >= 11 is 0. The Labute approximate surface area is 184 Å². The van der Waals surface area contributed by atoms with Crippen LogP contribution in [0.5, 0.6) is 0 Å². The molecule has 0 saturated carbocycles. The topological polar surface area (TPSA) is 77.8 Å². The summed E-state index contributed by atoms with van der Waals surface area (Å²) in [6.45, 7) is 10.2. The average Bonchev–Trinajstić information content (AvgIpc) is 3.17. The molecular formula is C24H34N4O3. The van der Waals surface area contributed by atoms with Crippen molar-refractivity contribution < 1.29 is 14.0 Å². The lowest BCUT2D eigenvalue weighted by molar-refractivity contribution is -0.114. The average molecular weight is 427 g/mol. The Bertz CT molecular complexity index is 900. The molecule has 1 saturated heterocycles. The van der Waals surface area contributed by atoms with E-state index in [2.05, 4.69) is 29.5 Å². The van der Waals surface area contributed by atoms with Crippen LogP contribution < -0.4 is 10.6 Å². The third-order valence-corrected chi connectivity index (χ3v) is 5.68. The molecule has 7 nitrogen and oxygen atoms in total. The number of likely N-dealkylation sites (N-methyl/N-ethyl adjacent to an activating group) is 1. The van der Waals surface area contributed by atoms with E-state index in [1.54, 1.807) is 6.07 Å². The second kappa shape index (κ2) is 10.6. The van der Waals surface area contributed by atoms with Gasteiger partial charge in [0, 0.05) is 56.8 Å². The van der Waals surface area contributed by atoms with E-state index in [-0.39, 0.29) is 11.8 Å². The number of anilines is 1. The third kappa shape index (κ3) is 6.67. The van der Waals surface area contributed by atoms with Gasteiger partial charge in [0.25, 0.3) is 5.91 Å². The molecule has 1 aliphatic heterocycles. The van der Waals surface area contributed by atoms with E-state index in [0.717, 1.165) is 56.2 Å². The molecule has 0 spiro atoms. The van der Waals surface area contributed by atoms with Gasteiger partial charge in [-0.05, 0) is 62.8 Å². The minimum Gasteiger partial charge on any atom is -0.466 e. The number of nitrogens with zero attached hydrogens (tertiary/aromatic N) is 2. The summed E-state index contributed by atoms with van der Waals surface area (Å²) in [5, 5.41) is 6.28. The van der Waals surface area contributed by atoms with Gasteiger partial charge in [-0.1, -0.05) is 6.92 Å². The maximum Gasteiger partial charge on any atom is 0.254 e. The number of piperazine rings is 1. The van der Waals surface area contributed by atoms with E-state index in [0.29, 0.717) is 23.7 Å². The Morgan fingerprint density at radius 3 is 2.52 bits per heavy atom. The van der Waals surface area contributed by atoms with Crippen LogP contribution in [-0.4, -0.2) is 61.4 Å². The monoisotopic (exact) mass is 426 g/mol. The van der Waals surface area contributed by atoms with Crippen molar-refractivity contribution in [3.8, 4) is 0 Å². The zero-order chi connectivity index (χ0) is 22.4. The van der Waals surface area contributed by atoms with Crippen LogP contribution in [0.4, 0.5) is 5.69 Å². The van der Waals surface area contributed by atoms with Gasteiger partial charge in [0.05, 0.1) is 0 Å². The molecule has 7 heteroatoms. The maximum atomic E-state index is 13.0. The predicted molar refractivity (Wildman–Crippen MR) is 122 cm³/mol. The molecule has 0 aliphatic carbocycles. The fourth-order valence-corrected chi connectivity index (χ4v) is 3.80. The van der Waals surface area contributed by atoms with Crippen LogP contribution in [0, 0.1) is 6.92 Å². The van der Waals surface area contributed by atoms with Gasteiger partial charge in [-0.2, -0.15) is 0 Å². The number of hydrogen-bond donors (Lipinski definition) is 2. The van der Waals surface area contributed by atoms with E-state index in [1.165, 1.54) is 6.92 Å². The fourth-order valence-electron chi connectivity index (χ4n) is 3.80. The maximum absolute atomic E-state index is 13.0. The van der Waals surface area contributed by atoms with Crippen molar-refractivity contribution in [3.05, 3.63) is 53.0 Å². The third-order valence-electron chi connectivity index (χ3n) is 5.68. The molecule has 2 aromatic rings. The quantitative estimate of drug-likeness (QED) is 0.634. The Kier molecular flexibility index (Phi) is 7.87. The van der Waals surface area contributed by atoms with Gasteiger partial charge in [-0.25, -0.2) is 0 Å². The van der Waals surface area contributed by atoms with Gasteiger partial charge in [0.2, 0.25) is 5.91 Å². The molecule has 1 aromatic carbocycles. The Balaban J connectivity index is 1.62. The Morgan fingerprint density at radius 2 is 1.87 bits per heavy atom. The van der Waals surface area contributed by atoms with Crippen LogP contribution in [-0.2, 0) is 11.3 Å². The van der Waals surface area contributed by atoms with Crippen molar-refractivity contribution in [1.29, 1.82) is 0 Å². The smallest absolute Gasteiger partial charge is 0.254 e. The zero-order valence-corrected chi connectivity index (χ0v) is 19.0. The summed E-state index contributed by atoms with van der Waals surface area (Å²) in [5.74, 6) is 2.14. The van der Waals surface area contributed by atoms with Gasteiger partial charge < -0.3 is 24.9 Å². The van der Waals surface area contributed by atoms with Crippen molar-refractivity contribution >= 4 is 17.5 Å². The number of rotatable bonds is 8. The first-order valence-electron chi connectivity index (χ1n) is 11.0. The number of furan rings is 1. The minimum atomic E-state index is -0.148. The minimum absolute atomic E-state index is 0.0170. The van der Waals surface area contributed by atoms with Crippen LogP contribution in [0.25, 0.3) is 0 Å². The molecule has 2 N–H and O–H groups in total. The van der Waals surface area contributed by atoms with Crippen LogP contribution >= 0.6 is 0 Å². The molecule has 31 heavy (non-hydrogen) atoms. The molecule has 1 aromatic heterocycles. The second-order valence-corrected chi connectivity index (χ2v) is 8.51. The van der Waals surface area contributed by atoms with Gasteiger partial charge >= 0.3 is 0 Å². The van der Waals surface area contributed by atoms with Crippen LogP contribution in [0.3, 0.4) is 0 Å². The Hall–Kier alpha value is -2.64. The summed E-state index contributed by atoms with van der Waals surface area (Å²) in [6.07, 6.45) is 0.950. The van der Waals surface area contributed by atoms with Crippen molar-refractivity contribution in [2.45, 2.75) is 39.7 Å². The number of benzene rings is 1. The number of nitrogens with one attached hydrogen (secondary N) is 2. The summed E-state index contributed by atoms with van der Waals surface area (Å²) in [7, 11) is 2.07. The molecule has 3 rings (SSSR count). The highest BCUT2D eigenvalue weighted by atomic mass is 16.3. The largest absolute Gasteiger partial charge is 0.466 e. The molecule has 2 amide bonds. The first-order chi connectivity index (χ1) is 14.8. The van der Waals surface area contributed by atoms with E-state index in [1.807, 2.05) is 36.1 Å². The lowest BCUT2D eigenvalue weighted by Crippen LogP contribution is -2.47. The SMILES string of the molecule is CC(=O)Nc1cc(CNCCC(C)c2ccc(C)o2)cc(C(=O)N2CCN(C)CC2)c1. The van der Waals surface area contributed by atoms with Crippen LogP contribution in [0.1, 0.15) is 53.6 Å². The van der Waals surface area contributed by atoms with E-state index < -0.39 is 0 Å². The lowest BCUT2D eigenvalue weighted by atomic mass is 10.0. The van der Waals surface area contributed by atoms with Gasteiger partial charge in [0.1, 0.15) is 11.5 Å². The van der Waals surface area contributed by atoms with Crippen molar-refractivity contribution in [3.63, 3.8) is 0 Å². The standard InChI is InChI=1S/C24H34N4O3/c1-17(23-6-5-18(2)31-23)7-8-25-16-20-13-21(15-22(14-20)26-19(3)29)24(30)28-11-9-27(4)10-12-28/h5-6,13-15,17,25H,7-12,16H2,1-4H3,(H,26,29). The molecular weight excluding hydrogens is 392 g/mol. The molecule has 0 bridgehead atoms. The zero-order valence-electron chi connectivity index (χ0n) is 19.0. The summed E-state index contributed by atoms with van der Waals surface area (Å²) < 4.78 is 5.71. The van der Waals surface area contributed by atoms with E-state index in [9.17, 15) is 9.59 Å². The molecule has 1 aliphatic rings. The predicted octanol–water partition coefficient (Wildman–Crippen LogP) is 3.22. The first kappa shape index (κ1) is 23.0. The number of amides is 2. The van der Waals surface area contributed by atoms with E-state index >= 15 is 0 Å².